The van der Waals surface area contributed by atoms with Gasteiger partial charge in [0.2, 0.25) is 0 Å². The highest BCUT2D eigenvalue weighted by Crippen LogP contribution is 2.11. The smallest absolute Gasteiger partial charge is 0.408 e. The van der Waals surface area contributed by atoms with Gasteiger partial charge >= 0.3 is 12.1 Å². The van der Waals surface area contributed by atoms with Crippen molar-refractivity contribution >= 4 is 17.8 Å². The summed E-state index contributed by atoms with van der Waals surface area (Å²) in [5.41, 5.74) is 0.530. The van der Waals surface area contributed by atoms with Gasteiger partial charge in [-0.2, -0.15) is 0 Å². The molecule has 0 spiro atoms. The molecule has 1 N–H and O–H groups in total. The van der Waals surface area contributed by atoms with E-state index in [9.17, 15) is 14.4 Å². The normalized spacial score (nSPS) is 12.0. The summed E-state index contributed by atoms with van der Waals surface area (Å²) in [6.45, 7) is 5.19. The Morgan fingerprint density at radius 2 is 1.50 bits per heavy atom. The molecule has 148 valence electrons. The van der Waals surface area contributed by atoms with Crippen molar-refractivity contribution in [2.75, 3.05) is 0 Å². The van der Waals surface area contributed by atoms with E-state index >= 15 is 0 Å². The SMILES string of the molecule is CC(C)(C)OC(=O)N[C@@H](CC(=O)c1ccccc1)C(=O)OCc1ccccc1. The van der Waals surface area contributed by atoms with Crippen LogP contribution < -0.4 is 5.32 Å². The molecule has 0 aliphatic carbocycles. The van der Waals surface area contributed by atoms with Gasteiger partial charge in [0.1, 0.15) is 18.2 Å². The minimum absolute atomic E-state index is 0.0473. The second-order valence-electron chi connectivity index (χ2n) is 7.29. The minimum Gasteiger partial charge on any atom is -0.459 e. The molecule has 0 fully saturated rings. The third-order valence-corrected chi connectivity index (χ3v) is 3.68. The maximum atomic E-state index is 12.5. The molecule has 2 rings (SSSR count). The van der Waals surface area contributed by atoms with Crippen LogP contribution in [0.1, 0.15) is 43.1 Å². The molecule has 2 aromatic rings. The lowest BCUT2D eigenvalue weighted by molar-refractivity contribution is -0.147. The first-order chi connectivity index (χ1) is 13.2. The Bertz CT molecular complexity index is 797. The summed E-state index contributed by atoms with van der Waals surface area (Å²) in [6, 6.07) is 16.6. The summed E-state index contributed by atoms with van der Waals surface area (Å²) in [4.78, 5) is 37.2. The van der Waals surface area contributed by atoms with Gasteiger partial charge in [0.15, 0.2) is 5.78 Å². The van der Waals surface area contributed by atoms with Crippen LogP contribution in [-0.4, -0.2) is 29.5 Å². The summed E-state index contributed by atoms with van der Waals surface area (Å²) in [5.74, 6) is -0.975. The van der Waals surface area contributed by atoms with Crippen molar-refractivity contribution in [1.29, 1.82) is 0 Å². The van der Waals surface area contributed by atoms with Crippen LogP contribution in [0.5, 0.6) is 0 Å². The number of amides is 1. The van der Waals surface area contributed by atoms with Crippen LogP contribution >= 0.6 is 0 Å². The third kappa shape index (κ3) is 7.23. The molecule has 0 saturated heterocycles. The zero-order valence-corrected chi connectivity index (χ0v) is 16.3. The number of ketones is 1. The Balaban J connectivity index is 2.06. The third-order valence-electron chi connectivity index (χ3n) is 3.68. The fraction of sp³-hybridized carbons (Fsp3) is 0.318. The number of nitrogens with one attached hydrogen (secondary N) is 1. The Morgan fingerprint density at radius 1 is 0.929 bits per heavy atom. The molecule has 0 aliphatic rings. The topological polar surface area (TPSA) is 81.7 Å². The molecule has 0 bridgehead atoms. The Labute approximate surface area is 164 Å². The Hall–Kier alpha value is -3.15. The molecule has 0 heterocycles. The van der Waals surface area contributed by atoms with Gasteiger partial charge in [-0.15, -0.1) is 0 Å². The number of Topliss-reactive ketones (excluding diaryl/α,β-unsaturated/α-hetero) is 1. The first-order valence-corrected chi connectivity index (χ1v) is 9.03. The van der Waals surface area contributed by atoms with Crippen molar-refractivity contribution in [3.63, 3.8) is 0 Å². The molecule has 0 unspecified atom stereocenters. The van der Waals surface area contributed by atoms with E-state index in [-0.39, 0.29) is 18.8 Å². The molecule has 0 saturated carbocycles. The van der Waals surface area contributed by atoms with Crippen molar-refractivity contribution in [2.24, 2.45) is 0 Å². The van der Waals surface area contributed by atoms with Gasteiger partial charge in [-0.05, 0) is 26.3 Å². The van der Waals surface area contributed by atoms with Crippen LogP contribution in [0.3, 0.4) is 0 Å². The van der Waals surface area contributed by atoms with E-state index in [1.807, 2.05) is 30.3 Å². The van der Waals surface area contributed by atoms with Crippen LogP contribution in [-0.2, 0) is 20.9 Å². The van der Waals surface area contributed by atoms with Gasteiger partial charge in [-0.1, -0.05) is 60.7 Å². The molecular formula is C22H25NO5. The predicted molar refractivity (Wildman–Crippen MR) is 105 cm³/mol. The summed E-state index contributed by atoms with van der Waals surface area (Å²) in [6.07, 6.45) is -1.01. The van der Waals surface area contributed by atoms with Crippen molar-refractivity contribution in [1.82, 2.24) is 5.32 Å². The quantitative estimate of drug-likeness (QED) is 0.579. The number of hydrogen-bond donors (Lipinski definition) is 1. The lowest BCUT2D eigenvalue weighted by atomic mass is 10.0. The van der Waals surface area contributed by atoms with E-state index < -0.39 is 23.7 Å². The van der Waals surface area contributed by atoms with Crippen LogP contribution in [0.2, 0.25) is 0 Å². The molecule has 1 atom stereocenters. The fourth-order valence-electron chi connectivity index (χ4n) is 2.40. The lowest BCUT2D eigenvalue weighted by Crippen LogP contribution is -2.45. The van der Waals surface area contributed by atoms with Crippen molar-refractivity contribution in [2.45, 2.75) is 45.4 Å². The zero-order valence-electron chi connectivity index (χ0n) is 16.3. The molecule has 6 nitrogen and oxygen atoms in total. The van der Waals surface area contributed by atoms with E-state index in [0.717, 1.165) is 5.56 Å². The van der Waals surface area contributed by atoms with Gasteiger partial charge in [0.05, 0.1) is 0 Å². The molecule has 1 amide bonds. The number of carbonyl (C=O) groups is 3. The molecule has 0 radical (unpaired) electrons. The molecule has 6 heteroatoms. The van der Waals surface area contributed by atoms with E-state index in [1.54, 1.807) is 51.1 Å². The number of benzene rings is 2. The summed E-state index contributed by atoms with van der Waals surface area (Å²) in [7, 11) is 0. The largest absolute Gasteiger partial charge is 0.459 e. The standard InChI is InChI=1S/C22H25NO5/c1-22(2,3)28-21(26)23-18(14-19(24)17-12-8-5-9-13-17)20(25)27-15-16-10-6-4-7-11-16/h4-13,18H,14-15H2,1-3H3,(H,23,26)/t18-/m0/s1. The van der Waals surface area contributed by atoms with Crippen molar-refractivity contribution in [3.8, 4) is 0 Å². The van der Waals surface area contributed by atoms with E-state index in [1.165, 1.54) is 0 Å². The molecular weight excluding hydrogens is 358 g/mol. The molecule has 28 heavy (non-hydrogen) atoms. The molecule has 2 aromatic carbocycles. The number of esters is 1. The van der Waals surface area contributed by atoms with Crippen LogP contribution in [0.25, 0.3) is 0 Å². The van der Waals surface area contributed by atoms with Gasteiger partial charge in [-0.25, -0.2) is 9.59 Å². The number of hydrogen-bond acceptors (Lipinski definition) is 5. The van der Waals surface area contributed by atoms with Gasteiger partial charge in [-0.3, -0.25) is 4.79 Å². The maximum absolute atomic E-state index is 12.5. The highest BCUT2D eigenvalue weighted by atomic mass is 16.6. The predicted octanol–water partition coefficient (Wildman–Crippen LogP) is 3.90. The number of alkyl carbamates (subject to hydrolysis) is 1. The van der Waals surface area contributed by atoms with Crippen LogP contribution in [0.15, 0.2) is 60.7 Å². The maximum Gasteiger partial charge on any atom is 0.408 e. The average molecular weight is 383 g/mol. The fourth-order valence-corrected chi connectivity index (χ4v) is 2.40. The second kappa shape index (κ2) is 9.69. The Kier molecular flexibility index (Phi) is 7.32. The average Bonchev–Trinajstić information content (AvgIpc) is 2.65. The van der Waals surface area contributed by atoms with Gasteiger partial charge in [0.25, 0.3) is 0 Å². The molecule has 0 aromatic heterocycles. The van der Waals surface area contributed by atoms with E-state index in [0.29, 0.717) is 5.56 Å². The minimum atomic E-state index is -1.15. The number of carbonyl (C=O) groups excluding carboxylic acids is 3. The summed E-state index contributed by atoms with van der Waals surface area (Å²) in [5, 5.41) is 2.45. The molecule has 0 aliphatic heterocycles. The zero-order chi connectivity index (χ0) is 20.6. The highest BCUT2D eigenvalue weighted by Gasteiger charge is 2.28. The number of ether oxygens (including phenoxy) is 2. The summed E-state index contributed by atoms with van der Waals surface area (Å²) < 4.78 is 10.5. The first-order valence-electron chi connectivity index (χ1n) is 9.03. The van der Waals surface area contributed by atoms with Crippen LogP contribution in [0, 0.1) is 0 Å². The van der Waals surface area contributed by atoms with Gasteiger partial charge in [0, 0.05) is 12.0 Å². The Morgan fingerprint density at radius 3 is 2.07 bits per heavy atom. The van der Waals surface area contributed by atoms with Gasteiger partial charge < -0.3 is 14.8 Å². The monoisotopic (exact) mass is 383 g/mol. The first kappa shape index (κ1) is 21.2. The highest BCUT2D eigenvalue weighted by molar-refractivity contribution is 5.99. The van der Waals surface area contributed by atoms with Crippen LogP contribution in [0.4, 0.5) is 4.79 Å². The van der Waals surface area contributed by atoms with Crippen molar-refractivity contribution in [3.05, 3.63) is 71.8 Å². The van der Waals surface area contributed by atoms with E-state index in [2.05, 4.69) is 5.32 Å². The lowest BCUT2D eigenvalue weighted by Gasteiger charge is -2.22. The van der Waals surface area contributed by atoms with E-state index in [4.69, 9.17) is 9.47 Å². The summed E-state index contributed by atoms with van der Waals surface area (Å²) >= 11 is 0. The van der Waals surface area contributed by atoms with Crippen molar-refractivity contribution < 1.29 is 23.9 Å². The second-order valence-corrected chi connectivity index (χ2v) is 7.29. The number of rotatable bonds is 7.